The first-order valence-electron chi connectivity index (χ1n) is 7.54. The van der Waals surface area contributed by atoms with Gasteiger partial charge < -0.3 is 25.5 Å². The molecule has 2 aromatic rings. The number of ether oxygens (including phenoxy) is 1. The van der Waals surface area contributed by atoms with Gasteiger partial charge in [0.25, 0.3) is 0 Å². The quantitative estimate of drug-likeness (QED) is 0.594. The molecule has 0 saturated heterocycles. The third kappa shape index (κ3) is 5.42. The summed E-state index contributed by atoms with van der Waals surface area (Å²) in [7, 11) is 1.53. The number of carbonyl (C=O) groups is 1. The number of aromatic nitrogens is 1. The lowest BCUT2D eigenvalue weighted by atomic mass is 10.1. The van der Waals surface area contributed by atoms with Gasteiger partial charge in [0.05, 0.1) is 12.7 Å². The van der Waals surface area contributed by atoms with Crippen molar-refractivity contribution < 1.29 is 14.6 Å². The third-order valence-corrected chi connectivity index (χ3v) is 3.77. The second-order valence-corrected chi connectivity index (χ2v) is 5.77. The number of rotatable bonds is 8. The van der Waals surface area contributed by atoms with Crippen LogP contribution in [0.4, 0.5) is 4.79 Å². The summed E-state index contributed by atoms with van der Waals surface area (Å²) in [6.07, 6.45) is 2.54. The van der Waals surface area contributed by atoms with Crippen LogP contribution in [0.1, 0.15) is 12.0 Å². The molecule has 2 rings (SSSR count). The predicted octanol–water partition coefficient (Wildman–Crippen LogP) is 2.06. The summed E-state index contributed by atoms with van der Waals surface area (Å²) in [4.78, 5) is 14.9. The Morgan fingerprint density at radius 3 is 2.96 bits per heavy atom. The molecule has 4 N–H and O–H groups in total. The Hall–Kier alpha value is -1.76. The Labute approximate surface area is 140 Å². The Morgan fingerprint density at radius 1 is 1.39 bits per heavy atom. The summed E-state index contributed by atoms with van der Waals surface area (Å²) in [6.45, 7) is 1.19. The summed E-state index contributed by atoms with van der Waals surface area (Å²) in [5.41, 5.74) is 2.14. The van der Waals surface area contributed by atoms with E-state index < -0.39 is 6.10 Å². The van der Waals surface area contributed by atoms with E-state index in [9.17, 15) is 9.90 Å². The second-order valence-electron chi connectivity index (χ2n) is 5.33. The lowest BCUT2D eigenvalue weighted by molar-refractivity contribution is 0.0599. The highest BCUT2D eigenvalue weighted by Crippen LogP contribution is 2.22. The van der Waals surface area contributed by atoms with Crippen LogP contribution in [0.5, 0.6) is 0 Å². The van der Waals surface area contributed by atoms with E-state index in [0.717, 1.165) is 16.5 Å². The number of hydrogen-bond donors (Lipinski definition) is 4. The standard InChI is InChI=1S/C16H22ClN3O3/c1-23-10-13(21)5-7-19-16(22)18-6-4-11-9-20-15-3-2-12(17)8-14(11)15/h2-3,8-9,13,20-21H,4-7,10H2,1H3,(H2,18,19,22). The van der Waals surface area contributed by atoms with Gasteiger partial charge in [0.15, 0.2) is 0 Å². The largest absolute Gasteiger partial charge is 0.391 e. The number of methoxy groups -OCH3 is 1. The molecule has 1 heterocycles. The van der Waals surface area contributed by atoms with Gasteiger partial charge in [-0.1, -0.05) is 11.6 Å². The highest BCUT2D eigenvalue weighted by atomic mass is 35.5. The monoisotopic (exact) mass is 339 g/mol. The highest BCUT2D eigenvalue weighted by molar-refractivity contribution is 6.31. The minimum atomic E-state index is -0.559. The maximum absolute atomic E-state index is 11.7. The summed E-state index contributed by atoms with van der Waals surface area (Å²) in [6, 6.07) is 5.45. The van der Waals surface area contributed by atoms with Crippen molar-refractivity contribution in [3.05, 3.63) is 35.0 Å². The first-order chi connectivity index (χ1) is 11.1. The van der Waals surface area contributed by atoms with E-state index in [-0.39, 0.29) is 12.6 Å². The smallest absolute Gasteiger partial charge is 0.314 e. The van der Waals surface area contributed by atoms with Crippen molar-refractivity contribution >= 4 is 28.5 Å². The van der Waals surface area contributed by atoms with Crippen LogP contribution in [0.2, 0.25) is 5.02 Å². The van der Waals surface area contributed by atoms with Crippen molar-refractivity contribution in [1.82, 2.24) is 15.6 Å². The topological polar surface area (TPSA) is 86.4 Å². The molecule has 2 amide bonds. The number of nitrogens with one attached hydrogen (secondary N) is 3. The molecule has 1 unspecified atom stereocenters. The molecule has 0 aliphatic rings. The summed E-state index contributed by atoms with van der Waals surface area (Å²) in [5, 5.41) is 16.7. The average molecular weight is 340 g/mol. The van der Waals surface area contributed by atoms with Crippen molar-refractivity contribution in [2.75, 3.05) is 26.8 Å². The van der Waals surface area contributed by atoms with E-state index in [1.54, 1.807) is 0 Å². The SMILES string of the molecule is COCC(O)CCNC(=O)NCCc1c[nH]c2ccc(Cl)cc12. The van der Waals surface area contributed by atoms with Gasteiger partial charge in [-0.25, -0.2) is 4.79 Å². The molecule has 0 aliphatic carbocycles. The molecule has 6 nitrogen and oxygen atoms in total. The van der Waals surface area contributed by atoms with Crippen LogP contribution in [0, 0.1) is 0 Å². The number of H-pyrrole nitrogens is 1. The van der Waals surface area contributed by atoms with Crippen molar-refractivity contribution in [3.63, 3.8) is 0 Å². The minimum absolute atomic E-state index is 0.243. The lowest BCUT2D eigenvalue weighted by Gasteiger charge is -2.10. The molecule has 0 saturated carbocycles. The van der Waals surface area contributed by atoms with Crippen LogP contribution < -0.4 is 10.6 Å². The van der Waals surface area contributed by atoms with Gasteiger partial charge in [-0.05, 0) is 36.6 Å². The summed E-state index contributed by atoms with van der Waals surface area (Å²) in [5.74, 6) is 0. The van der Waals surface area contributed by atoms with Crippen LogP contribution in [0.3, 0.4) is 0 Å². The van der Waals surface area contributed by atoms with E-state index in [1.165, 1.54) is 7.11 Å². The predicted molar refractivity (Wildman–Crippen MR) is 90.9 cm³/mol. The van der Waals surface area contributed by atoms with Gasteiger partial charge in [0, 0.05) is 42.3 Å². The number of aliphatic hydroxyl groups is 1. The Kier molecular flexibility index (Phi) is 6.70. The molecule has 1 aromatic carbocycles. The van der Waals surface area contributed by atoms with Crippen LogP contribution >= 0.6 is 11.6 Å². The molecule has 0 radical (unpaired) electrons. The summed E-state index contributed by atoms with van der Waals surface area (Å²) >= 11 is 6.01. The van der Waals surface area contributed by atoms with Gasteiger partial charge in [-0.3, -0.25) is 0 Å². The van der Waals surface area contributed by atoms with Crippen molar-refractivity contribution in [1.29, 1.82) is 0 Å². The fourth-order valence-electron chi connectivity index (χ4n) is 2.36. The van der Waals surface area contributed by atoms with Gasteiger partial charge in [-0.15, -0.1) is 0 Å². The van der Waals surface area contributed by atoms with Gasteiger partial charge in [0.1, 0.15) is 0 Å². The fourth-order valence-corrected chi connectivity index (χ4v) is 2.53. The second kappa shape index (κ2) is 8.76. The number of fused-ring (bicyclic) bond motifs is 1. The number of benzene rings is 1. The van der Waals surface area contributed by atoms with Crippen molar-refractivity contribution in [2.24, 2.45) is 0 Å². The molecular weight excluding hydrogens is 318 g/mol. The van der Waals surface area contributed by atoms with Gasteiger partial charge in [0.2, 0.25) is 0 Å². The van der Waals surface area contributed by atoms with E-state index in [2.05, 4.69) is 15.6 Å². The van der Waals surface area contributed by atoms with Crippen LogP contribution in [0.25, 0.3) is 10.9 Å². The molecule has 0 fully saturated rings. The number of aliphatic hydroxyl groups excluding tert-OH is 1. The number of aromatic amines is 1. The highest BCUT2D eigenvalue weighted by Gasteiger charge is 2.07. The fraction of sp³-hybridized carbons (Fsp3) is 0.438. The summed E-state index contributed by atoms with van der Waals surface area (Å²) < 4.78 is 4.82. The molecule has 23 heavy (non-hydrogen) atoms. The zero-order valence-electron chi connectivity index (χ0n) is 13.1. The molecule has 126 valence electrons. The first-order valence-corrected chi connectivity index (χ1v) is 7.92. The number of urea groups is 1. The number of carbonyl (C=O) groups excluding carboxylic acids is 1. The normalized spacial score (nSPS) is 12.3. The molecule has 7 heteroatoms. The van der Waals surface area contributed by atoms with Crippen molar-refractivity contribution in [2.45, 2.75) is 18.9 Å². The minimum Gasteiger partial charge on any atom is -0.391 e. The molecule has 1 aromatic heterocycles. The average Bonchev–Trinajstić information content (AvgIpc) is 2.90. The number of hydrogen-bond acceptors (Lipinski definition) is 3. The molecule has 0 bridgehead atoms. The maximum atomic E-state index is 11.7. The van der Waals surface area contributed by atoms with E-state index in [0.29, 0.717) is 31.0 Å². The van der Waals surface area contributed by atoms with Gasteiger partial charge in [-0.2, -0.15) is 0 Å². The van der Waals surface area contributed by atoms with E-state index in [4.69, 9.17) is 16.3 Å². The number of halogens is 1. The zero-order chi connectivity index (χ0) is 16.7. The zero-order valence-corrected chi connectivity index (χ0v) is 13.8. The lowest BCUT2D eigenvalue weighted by Crippen LogP contribution is -2.38. The molecule has 0 spiro atoms. The molecule has 1 atom stereocenters. The molecule has 0 aliphatic heterocycles. The van der Waals surface area contributed by atoms with Crippen LogP contribution in [0.15, 0.2) is 24.4 Å². The van der Waals surface area contributed by atoms with Crippen molar-refractivity contribution in [3.8, 4) is 0 Å². The van der Waals surface area contributed by atoms with Crippen LogP contribution in [-0.4, -0.2) is 49.0 Å². The van der Waals surface area contributed by atoms with E-state index >= 15 is 0 Å². The molecular formula is C16H22ClN3O3. The first kappa shape index (κ1) is 17.6. The Bertz CT molecular complexity index is 645. The maximum Gasteiger partial charge on any atom is 0.314 e. The Morgan fingerprint density at radius 2 is 2.17 bits per heavy atom. The number of amides is 2. The van der Waals surface area contributed by atoms with Gasteiger partial charge >= 0.3 is 6.03 Å². The Balaban J connectivity index is 1.71. The third-order valence-electron chi connectivity index (χ3n) is 3.53. The van der Waals surface area contributed by atoms with Crippen LogP contribution in [-0.2, 0) is 11.2 Å². The van der Waals surface area contributed by atoms with E-state index in [1.807, 2.05) is 24.4 Å².